The van der Waals surface area contributed by atoms with Crippen LogP contribution in [0.4, 0.5) is 0 Å². The van der Waals surface area contributed by atoms with Crippen LogP contribution in [0.5, 0.6) is 17.2 Å². The van der Waals surface area contributed by atoms with Gasteiger partial charge in [-0.05, 0) is 29.3 Å². The Morgan fingerprint density at radius 3 is 2.45 bits per heavy atom. The highest BCUT2D eigenvalue weighted by Gasteiger charge is 2.13. The fourth-order valence-corrected chi connectivity index (χ4v) is 2.28. The molecule has 0 unspecified atom stereocenters. The average molecular weight is 268 g/mol. The number of benzene rings is 2. The summed E-state index contributed by atoms with van der Waals surface area (Å²) >= 11 is 0. The molecule has 0 spiro atoms. The predicted octanol–water partition coefficient (Wildman–Crippen LogP) is 3.78. The van der Waals surface area contributed by atoms with Crippen molar-refractivity contribution in [3.05, 3.63) is 48.5 Å². The molecule has 2 aromatic rings. The van der Waals surface area contributed by atoms with Crippen LogP contribution in [0.1, 0.15) is 5.56 Å². The van der Waals surface area contributed by atoms with Gasteiger partial charge in [-0.25, -0.2) is 0 Å². The second kappa shape index (κ2) is 5.29. The van der Waals surface area contributed by atoms with E-state index in [9.17, 15) is 0 Å². The van der Waals surface area contributed by atoms with Gasteiger partial charge in [-0.1, -0.05) is 30.9 Å². The first kappa shape index (κ1) is 12.6. The van der Waals surface area contributed by atoms with Crippen molar-refractivity contribution in [1.29, 1.82) is 0 Å². The second-order valence-corrected chi connectivity index (χ2v) is 4.52. The Labute approximate surface area is 118 Å². The van der Waals surface area contributed by atoms with Gasteiger partial charge < -0.3 is 14.2 Å². The molecule has 0 amide bonds. The summed E-state index contributed by atoms with van der Waals surface area (Å²) in [5.74, 6) is 2.41. The molecule has 0 fully saturated rings. The molecule has 3 rings (SSSR count). The number of rotatable bonds is 3. The van der Waals surface area contributed by atoms with Gasteiger partial charge in [-0.15, -0.1) is 0 Å². The zero-order valence-electron chi connectivity index (χ0n) is 11.4. The highest BCUT2D eigenvalue weighted by atomic mass is 16.6. The third kappa shape index (κ3) is 2.23. The van der Waals surface area contributed by atoms with Crippen LogP contribution in [-0.4, -0.2) is 20.3 Å². The van der Waals surface area contributed by atoms with E-state index in [0.29, 0.717) is 13.2 Å². The third-order valence-corrected chi connectivity index (χ3v) is 3.33. The van der Waals surface area contributed by atoms with E-state index in [1.807, 2.05) is 36.4 Å². The first-order valence-corrected chi connectivity index (χ1v) is 6.52. The van der Waals surface area contributed by atoms with E-state index in [0.717, 1.165) is 33.9 Å². The maximum atomic E-state index is 5.61. The maximum absolute atomic E-state index is 5.61. The molecule has 1 heterocycles. The molecular formula is C17H16O3. The van der Waals surface area contributed by atoms with Crippen molar-refractivity contribution in [2.45, 2.75) is 0 Å². The van der Waals surface area contributed by atoms with Crippen molar-refractivity contribution in [2.24, 2.45) is 0 Å². The lowest BCUT2D eigenvalue weighted by atomic mass is 10.0. The quantitative estimate of drug-likeness (QED) is 0.848. The normalized spacial score (nSPS) is 12.8. The molecule has 20 heavy (non-hydrogen) atoms. The highest BCUT2D eigenvalue weighted by Crippen LogP contribution is 2.36. The first-order chi connectivity index (χ1) is 9.81. The Kier molecular flexibility index (Phi) is 3.33. The van der Waals surface area contributed by atoms with Gasteiger partial charge in [0.1, 0.15) is 19.0 Å². The number of methoxy groups -OCH3 is 1. The van der Waals surface area contributed by atoms with Crippen LogP contribution < -0.4 is 14.2 Å². The van der Waals surface area contributed by atoms with Crippen LogP contribution in [0.3, 0.4) is 0 Å². The third-order valence-electron chi connectivity index (χ3n) is 3.33. The van der Waals surface area contributed by atoms with Crippen molar-refractivity contribution in [1.82, 2.24) is 0 Å². The van der Waals surface area contributed by atoms with Crippen LogP contribution in [0, 0.1) is 0 Å². The zero-order chi connectivity index (χ0) is 13.9. The lowest BCUT2D eigenvalue weighted by Gasteiger charge is -2.19. The van der Waals surface area contributed by atoms with Crippen LogP contribution >= 0.6 is 0 Å². The SMILES string of the molecule is C=Cc1ccc(-c2ccc3c(c2)OCCO3)cc1OC. The average Bonchev–Trinajstić information content (AvgIpc) is 2.53. The molecule has 0 aromatic heterocycles. The Morgan fingerprint density at radius 2 is 1.70 bits per heavy atom. The van der Waals surface area contributed by atoms with Gasteiger partial charge in [-0.2, -0.15) is 0 Å². The molecule has 0 N–H and O–H groups in total. The summed E-state index contributed by atoms with van der Waals surface area (Å²) in [6.07, 6.45) is 1.78. The maximum Gasteiger partial charge on any atom is 0.161 e. The standard InChI is InChI=1S/C17H16O3/c1-3-12-4-5-13(10-16(12)18-2)14-6-7-15-17(11-14)20-9-8-19-15/h3-7,10-11H,1,8-9H2,2H3. The molecule has 2 aromatic carbocycles. The van der Waals surface area contributed by atoms with E-state index >= 15 is 0 Å². The molecule has 3 heteroatoms. The van der Waals surface area contributed by atoms with Gasteiger partial charge in [0, 0.05) is 5.56 Å². The second-order valence-electron chi connectivity index (χ2n) is 4.52. The molecule has 0 saturated carbocycles. The minimum atomic E-state index is 0.592. The summed E-state index contributed by atoms with van der Waals surface area (Å²) in [5.41, 5.74) is 3.13. The molecular weight excluding hydrogens is 252 g/mol. The number of ether oxygens (including phenoxy) is 3. The van der Waals surface area contributed by atoms with E-state index in [-0.39, 0.29) is 0 Å². The number of fused-ring (bicyclic) bond motifs is 1. The minimum absolute atomic E-state index is 0.592. The summed E-state index contributed by atoms with van der Waals surface area (Å²) in [6.45, 7) is 4.98. The van der Waals surface area contributed by atoms with Gasteiger partial charge in [-0.3, -0.25) is 0 Å². The highest BCUT2D eigenvalue weighted by molar-refractivity contribution is 5.71. The Hall–Kier alpha value is -2.42. The first-order valence-electron chi connectivity index (χ1n) is 6.52. The van der Waals surface area contributed by atoms with E-state index < -0.39 is 0 Å². The smallest absolute Gasteiger partial charge is 0.161 e. The van der Waals surface area contributed by atoms with E-state index in [1.54, 1.807) is 13.2 Å². The predicted molar refractivity (Wildman–Crippen MR) is 79.5 cm³/mol. The van der Waals surface area contributed by atoms with Crippen molar-refractivity contribution < 1.29 is 14.2 Å². The van der Waals surface area contributed by atoms with Gasteiger partial charge in [0.2, 0.25) is 0 Å². The molecule has 0 radical (unpaired) electrons. The lowest BCUT2D eigenvalue weighted by Crippen LogP contribution is -2.15. The summed E-state index contributed by atoms with van der Waals surface area (Å²) in [4.78, 5) is 0. The lowest BCUT2D eigenvalue weighted by molar-refractivity contribution is 0.171. The molecule has 102 valence electrons. The zero-order valence-corrected chi connectivity index (χ0v) is 11.4. The summed E-state index contributed by atoms with van der Waals surface area (Å²) in [6, 6.07) is 12.0. The van der Waals surface area contributed by atoms with Crippen LogP contribution in [0.25, 0.3) is 17.2 Å². The molecule has 0 bridgehead atoms. The minimum Gasteiger partial charge on any atom is -0.496 e. The van der Waals surface area contributed by atoms with Crippen molar-refractivity contribution in [2.75, 3.05) is 20.3 Å². The van der Waals surface area contributed by atoms with Crippen molar-refractivity contribution >= 4 is 6.08 Å². The molecule has 0 saturated heterocycles. The van der Waals surface area contributed by atoms with Gasteiger partial charge in [0.05, 0.1) is 7.11 Å². The summed E-state index contributed by atoms with van der Waals surface area (Å²) in [7, 11) is 1.66. The molecule has 0 aliphatic carbocycles. The Morgan fingerprint density at radius 1 is 1.00 bits per heavy atom. The largest absolute Gasteiger partial charge is 0.496 e. The molecule has 3 nitrogen and oxygen atoms in total. The Bertz CT molecular complexity index is 647. The topological polar surface area (TPSA) is 27.7 Å². The molecule has 1 aliphatic rings. The van der Waals surface area contributed by atoms with Crippen molar-refractivity contribution in [3.8, 4) is 28.4 Å². The van der Waals surface area contributed by atoms with Gasteiger partial charge in [0.25, 0.3) is 0 Å². The fourth-order valence-electron chi connectivity index (χ4n) is 2.28. The van der Waals surface area contributed by atoms with Gasteiger partial charge >= 0.3 is 0 Å². The van der Waals surface area contributed by atoms with Crippen LogP contribution in [0.15, 0.2) is 43.0 Å². The number of hydrogen-bond acceptors (Lipinski definition) is 3. The van der Waals surface area contributed by atoms with E-state index in [1.165, 1.54) is 0 Å². The van der Waals surface area contributed by atoms with Crippen molar-refractivity contribution in [3.63, 3.8) is 0 Å². The molecule has 1 aliphatic heterocycles. The fraction of sp³-hybridized carbons (Fsp3) is 0.176. The number of hydrogen-bond donors (Lipinski definition) is 0. The van der Waals surface area contributed by atoms with Crippen LogP contribution in [-0.2, 0) is 0 Å². The summed E-state index contributed by atoms with van der Waals surface area (Å²) < 4.78 is 16.5. The molecule has 0 atom stereocenters. The monoisotopic (exact) mass is 268 g/mol. The van der Waals surface area contributed by atoms with E-state index in [4.69, 9.17) is 14.2 Å². The van der Waals surface area contributed by atoms with Crippen LogP contribution in [0.2, 0.25) is 0 Å². The summed E-state index contributed by atoms with van der Waals surface area (Å²) in [5, 5.41) is 0. The Balaban J connectivity index is 2.02. The van der Waals surface area contributed by atoms with Gasteiger partial charge in [0.15, 0.2) is 11.5 Å². The van der Waals surface area contributed by atoms with E-state index in [2.05, 4.69) is 6.58 Å².